The van der Waals surface area contributed by atoms with E-state index in [2.05, 4.69) is 24.4 Å². The average Bonchev–Trinajstić information content (AvgIpc) is 3.01. The molecule has 2 aromatic rings. The number of allylic oxidation sites excluding steroid dienone is 2. The summed E-state index contributed by atoms with van der Waals surface area (Å²) in [6, 6.07) is 12.5. The Morgan fingerprint density at radius 2 is 2.12 bits per heavy atom. The highest BCUT2D eigenvalue weighted by atomic mass is 16.1. The summed E-state index contributed by atoms with van der Waals surface area (Å²) in [7, 11) is 1.94. The molecule has 0 N–H and O–H groups in total. The van der Waals surface area contributed by atoms with E-state index in [1.165, 1.54) is 11.1 Å². The summed E-state index contributed by atoms with van der Waals surface area (Å²) in [6.45, 7) is 1.98. The molecule has 1 heterocycles. The molecule has 0 bridgehead atoms. The van der Waals surface area contributed by atoms with E-state index in [0.717, 1.165) is 25.0 Å². The first-order valence-corrected chi connectivity index (χ1v) is 8.79. The molecule has 3 atom stereocenters. The van der Waals surface area contributed by atoms with Crippen molar-refractivity contribution in [2.75, 3.05) is 0 Å². The van der Waals surface area contributed by atoms with Gasteiger partial charge in [0, 0.05) is 24.6 Å². The lowest BCUT2D eigenvalue weighted by molar-refractivity contribution is -0.121. The van der Waals surface area contributed by atoms with Gasteiger partial charge >= 0.3 is 0 Å². The molecule has 2 aliphatic carbocycles. The molecule has 0 fully saturated rings. The van der Waals surface area contributed by atoms with E-state index >= 15 is 0 Å². The van der Waals surface area contributed by atoms with Crippen LogP contribution in [0.2, 0.25) is 0 Å². The number of benzene rings is 1. The maximum atomic E-state index is 12.6. The van der Waals surface area contributed by atoms with E-state index in [4.69, 9.17) is 5.10 Å². The van der Waals surface area contributed by atoms with Crippen LogP contribution in [0.3, 0.4) is 0 Å². The standard InChI is InChI=1S/C21H21N3O/c1-14-18-9-8-16-13-24(2)23-20(16)21(18,11-17(12-22)19(14)25)10-15-6-4-3-5-7-15/h3-7,11,13-14,18H,8-10H2,1-2H3. The first-order valence-electron chi connectivity index (χ1n) is 8.79. The van der Waals surface area contributed by atoms with Gasteiger partial charge in [-0.1, -0.05) is 43.3 Å². The zero-order chi connectivity index (χ0) is 17.6. The third kappa shape index (κ3) is 2.34. The van der Waals surface area contributed by atoms with Gasteiger partial charge in [-0.2, -0.15) is 10.4 Å². The van der Waals surface area contributed by atoms with Gasteiger partial charge in [-0.05, 0) is 36.3 Å². The molecule has 0 amide bonds. The molecule has 126 valence electrons. The van der Waals surface area contributed by atoms with Crippen molar-refractivity contribution >= 4 is 5.78 Å². The van der Waals surface area contributed by atoms with Crippen LogP contribution in [-0.2, 0) is 30.1 Å². The van der Waals surface area contributed by atoms with Crippen LogP contribution in [-0.4, -0.2) is 15.6 Å². The lowest BCUT2D eigenvalue weighted by atomic mass is 9.55. The SMILES string of the molecule is CC1C(=O)C(C#N)=CC2(Cc3ccccc3)c3nn(C)cc3CCC12. The van der Waals surface area contributed by atoms with Gasteiger partial charge in [0.2, 0.25) is 0 Å². The molecule has 1 aromatic heterocycles. The van der Waals surface area contributed by atoms with Crippen molar-refractivity contribution < 1.29 is 4.79 Å². The Labute approximate surface area is 147 Å². The van der Waals surface area contributed by atoms with E-state index in [-0.39, 0.29) is 28.6 Å². The minimum atomic E-state index is -0.380. The van der Waals surface area contributed by atoms with Crippen molar-refractivity contribution in [1.29, 1.82) is 5.26 Å². The number of fused-ring (bicyclic) bond motifs is 3. The molecule has 3 unspecified atom stereocenters. The highest BCUT2D eigenvalue weighted by molar-refractivity contribution is 6.02. The molecule has 0 aliphatic heterocycles. The van der Waals surface area contributed by atoms with Crippen molar-refractivity contribution in [3.05, 3.63) is 65.0 Å². The van der Waals surface area contributed by atoms with Crippen LogP contribution in [0.1, 0.15) is 30.2 Å². The van der Waals surface area contributed by atoms with Crippen LogP contribution in [0.4, 0.5) is 0 Å². The van der Waals surface area contributed by atoms with Gasteiger partial charge in [0.05, 0.1) is 11.3 Å². The smallest absolute Gasteiger partial charge is 0.176 e. The van der Waals surface area contributed by atoms with Crippen molar-refractivity contribution in [2.45, 2.75) is 31.6 Å². The van der Waals surface area contributed by atoms with Gasteiger partial charge in [-0.25, -0.2) is 0 Å². The normalized spacial score (nSPS) is 27.9. The average molecular weight is 331 g/mol. The largest absolute Gasteiger partial charge is 0.293 e. The maximum absolute atomic E-state index is 12.6. The summed E-state index contributed by atoms with van der Waals surface area (Å²) in [5, 5.41) is 14.3. The second-order valence-electron chi connectivity index (χ2n) is 7.35. The Morgan fingerprint density at radius 1 is 1.36 bits per heavy atom. The van der Waals surface area contributed by atoms with Crippen LogP contribution < -0.4 is 0 Å². The van der Waals surface area contributed by atoms with Crippen molar-refractivity contribution in [1.82, 2.24) is 9.78 Å². The number of hydrogen-bond donors (Lipinski definition) is 0. The Kier molecular flexibility index (Phi) is 3.61. The number of aromatic nitrogens is 2. The quantitative estimate of drug-likeness (QED) is 0.849. The molecule has 1 aromatic carbocycles. The Morgan fingerprint density at radius 3 is 2.84 bits per heavy atom. The monoisotopic (exact) mass is 331 g/mol. The highest BCUT2D eigenvalue weighted by Gasteiger charge is 2.52. The molecule has 4 heteroatoms. The number of hydrogen-bond acceptors (Lipinski definition) is 3. The number of carbonyl (C=O) groups excluding carboxylic acids is 1. The van der Waals surface area contributed by atoms with Crippen LogP contribution in [0.5, 0.6) is 0 Å². The number of carbonyl (C=O) groups is 1. The van der Waals surface area contributed by atoms with Gasteiger partial charge in [0.1, 0.15) is 6.07 Å². The Hall–Kier alpha value is -2.67. The zero-order valence-electron chi connectivity index (χ0n) is 14.6. The molecule has 0 radical (unpaired) electrons. The number of nitriles is 1. The second kappa shape index (κ2) is 5.70. The summed E-state index contributed by atoms with van der Waals surface area (Å²) in [6.07, 6.45) is 6.67. The highest BCUT2D eigenvalue weighted by Crippen LogP contribution is 2.51. The number of aryl methyl sites for hydroxylation is 2. The van der Waals surface area contributed by atoms with Crippen molar-refractivity contribution in [2.24, 2.45) is 18.9 Å². The predicted molar refractivity (Wildman–Crippen MR) is 94.7 cm³/mol. The van der Waals surface area contributed by atoms with E-state index in [1.54, 1.807) is 0 Å². The molecular formula is C21H21N3O. The van der Waals surface area contributed by atoms with E-state index in [1.807, 2.05) is 42.9 Å². The third-order valence-electron chi connectivity index (χ3n) is 5.88. The van der Waals surface area contributed by atoms with Crippen LogP contribution in [0, 0.1) is 23.2 Å². The van der Waals surface area contributed by atoms with Crippen LogP contribution >= 0.6 is 0 Å². The fourth-order valence-corrected chi connectivity index (χ4v) is 4.77. The first-order chi connectivity index (χ1) is 12.0. The molecule has 25 heavy (non-hydrogen) atoms. The molecule has 4 nitrogen and oxygen atoms in total. The van der Waals surface area contributed by atoms with Gasteiger partial charge in [0.15, 0.2) is 5.78 Å². The fourth-order valence-electron chi connectivity index (χ4n) is 4.77. The summed E-state index contributed by atoms with van der Waals surface area (Å²) in [5.41, 5.74) is 3.40. The van der Waals surface area contributed by atoms with Crippen molar-refractivity contribution in [3.8, 4) is 6.07 Å². The number of nitrogens with zero attached hydrogens (tertiary/aromatic N) is 3. The van der Waals surface area contributed by atoms with E-state index in [9.17, 15) is 10.1 Å². The summed E-state index contributed by atoms with van der Waals surface area (Å²) in [4.78, 5) is 12.6. The molecular weight excluding hydrogens is 310 g/mol. The number of Topliss-reactive ketones (excluding diaryl/α,β-unsaturated/α-hetero) is 1. The molecule has 4 rings (SSSR count). The topological polar surface area (TPSA) is 58.7 Å². The van der Waals surface area contributed by atoms with Gasteiger partial charge in [0.25, 0.3) is 0 Å². The summed E-state index contributed by atoms with van der Waals surface area (Å²) in [5.74, 6) is 0.00814. The molecule has 2 aliphatic rings. The Bertz CT molecular complexity index is 903. The second-order valence-corrected chi connectivity index (χ2v) is 7.35. The van der Waals surface area contributed by atoms with E-state index < -0.39 is 0 Å². The lowest BCUT2D eigenvalue weighted by Gasteiger charge is -2.46. The predicted octanol–water partition coefficient (Wildman–Crippen LogP) is 3.13. The zero-order valence-corrected chi connectivity index (χ0v) is 14.6. The molecule has 0 saturated heterocycles. The van der Waals surface area contributed by atoms with Gasteiger partial charge in [-0.15, -0.1) is 0 Å². The van der Waals surface area contributed by atoms with Crippen LogP contribution in [0.25, 0.3) is 0 Å². The number of rotatable bonds is 2. The minimum Gasteiger partial charge on any atom is -0.293 e. The Balaban J connectivity index is 1.96. The molecule has 0 spiro atoms. The number of ketones is 1. The maximum Gasteiger partial charge on any atom is 0.176 e. The summed E-state index contributed by atoms with van der Waals surface area (Å²) >= 11 is 0. The fraction of sp³-hybridized carbons (Fsp3) is 0.381. The minimum absolute atomic E-state index is 0.0180. The summed E-state index contributed by atoms with van der Waals surface area (Å²) < 4.78 is 1.86. The van der Waals surface area contributed by atoms with Gasteiger partial charge in [-0.3, -0.25) is 9.48 Å². The molecule has 0 saturated carbocycles. The first kappa shape index (κ1) is 15.8. The van der Waals surface area contributed by atoms with Crippen LogP contribution in [0.15, 0.2) is 48.2 Å². The van der Waals surface area contributed by atoms with Gasteiger partial charge < -0.3 is 0 Å². The lowest BCUT2D eigenvalue weighted by Crippen LogP contribution is -2.48. The van der Waals surface area contributed by atoms with E-state index in [0.29, 0.717) is 0 Å². The van der Waals surface area contributed by atoms with Crippen molar-refractivity contribution in [3.63, 3.8) is 0 Å². The third-order valence-corrected chi connectivity index (χ3v) is 5.88.